The second kappa shape index (κ2) is 5.16. The number of carbonyl (C=O) groups excluding carboxylic acids is 1. The molecule has 2 rings (SSSR count). The van der Waals surface area contributed by atoms with E-state index < -0.39 is 6.10 Å². The van der Waals surface area contributed by atoms with Gasteiger partial charge in [0.05, 0.1) is 22.4 Å². The monoisotopic (exact) mass is 268 g/mol. The zero-order valence-electron chi connectivity index (χ0n) is 10.3. The van der Waals surface area contributed by atoms with E-state index in [0.717, 1.165) is 6.42 Å². The Labute approximate surface area is 111 Å². The molecule has 2 unspecified atom stereocenters. The topological polar surface area (TPSA) is 66.6 Å². The third-order valence-electron chi connectivity index (χ3n) is 3.49. The van der Waals surface area contributed by atoms with Crippen molar-refractivity contribution in [3.05, 3.63) is 28.8 Å². The molecule has 0 spiro atoms. The molecule has 4 nitrogen and oxygen atoms in total. The zero-order chi connectivity index (χ0) is 13.3. The number of hydrogen-bond donors (Lipinski definition) is 2. The number of hydrogen-bond acceptors (Lipinski definition) is 3. The van der Waals surface area contributed by atoms with Crippen LogP contribution in [0.1, 0.15) is 23.7 Å². The molecule has 1 fully saturated rings. The maximum Gasteiger partial charge on any atom is 0.256 e. The molecule has 1 saturated heterocycles. The smallest absolute Gasteiger partial charge is 0.256 e. The largest absolute Gasteiger partial charge is 0.397 e. The molecule has 18 heavy (non-hydrogen) atoms. The van der Waals surface area contributed by atoms with E-state index in [-0.39, 0.29) is 11.8 Å². The number of halogens is 1. The van der Waals surface area contributed by atoms with Gasteiger partial charge in [0.2, 0.25) is 0 Å². The Hall–Kier alpha value is -1.26. The van der Waals surface area contributed by atoms with Crippen LogP contribution >= 0.6 is 11.6 Å². The number of β-amino-alcohol motifs (C(OH)–C–C–N with tert-alkyl or cyclic N) is 1. The molecule has 1 heterocycles. The average molecular weight is 269 g/mol. The summed E-state index contributed by atoms with van der Waals surface area (Å²) in [5.74, 6) is 0.0618. The predicted octanol–water partition coefficient (Wildman–Crippen LogP) is 1.77. The van der Waals surface area contributed by atoms with Gasteiger partial charge in [0.1, 0.15) is 0 Å². The fourth-order valence-electron chi connectivity index (χ4n) is 2.13. The number of anilines is 1. The Balaban J connectivity index is 2.19. The van der Waals surface area contributed by atoms with Crippen molar-refractivity contribution in [1.82, 2.24) is 4.90 Å². The van der Waals surface area contributed by atoms with Crippen LogP contribution in [0.2, 0.25) is 5.02 Å². The summed E-state index contributed by atoms with van der Waals surface area (Å²) in [7, 11) is 0. The Kier molecular flexibility index (Phi) is 3.78. The van der Waals surface area contributed by atoms with E-state index in [1.165, 1.54) is 0 Å². The van der Waals surface area contributed by atoms with Gasteiger partial charge < -0.3 is 15.7 Å². The fourth-order valence-corrected chi connectivity index (χ4v) is 2.30. The molecule has 3 N–H and O–H groups in total. The first-order valence-corrected chi connectivity index (χ1v) is 6.40. The summed E-state index contributed by atoms with van der Waals surface area (Å²) >= 11 is 5.90. The molecule has 1 aliphatic heterocycles. The minimum absolute atomic E-state index is 0.166. The first-order valence-electron chi connectivity index (χ1n) is 6.02. The lowest BCUT2D eigenvalue weighted by Gasteiger charge is -2.34. The number of nitrogens with two attached hydrogens (primary N) is 1. The molecular formula is C13H17ClN2O2. The lowest BCUT2D eigenvalue weighted by Crippen LogP contribution is -2.46. The van der Waals surface area contributed by atoms with Crippen molar-refractivity contribution >= 4 is 23.2 Å². The Bertz CT molecular complexity index is 464. The highest BCUT2D eigenvalue weighted by Crippen LogP contribution is 2.25. The highest BCUT2D eigenvalue weighted by Gasteiger charge is 2.28. The molecule has 98 valence electrons. The highest BCUT2D eigenvalue weighted by molar-refractivity contribution is 6.33. The average Bonchev–Trinajstić information content (AvgIpc) is 2.35. The number of nitrogens with zero attached hydrogens (tertiary/aromatic N) is 1. The van der Waals surface area contributed by atoms with Crippen molar-refractivity contribution < 1.29 is 9.90 Å². The Morgan fingerprint density at radius 3 is 2.94 bits per heavy atom. The highest BCUT2D eigenvalue weighted by atomic mass is 35.5. The molecule has 1 aliphatic rings. The number of benzene rings is 1. The van der Waals surface area contributed by atoms with E-state index in [9.17, 15) is 9.90 Å². The van der Waals surface area contributed by atoms with E-state index in [0.29, 0.717) is 29.4 Å². The van der Waals surface area contributed by atoms with Crippen molar-refractivity contribution in [2.75, 3.05) is 18.8 Å². The maximum absolute atomic E-state index is 12.3. The molecule has 5 heteroatoms. The van der Waals surface area contributed by atoms with E-state index in [4.69, 9.17) is 17.3 Å². The van der Waals surface area contributed by atoms with Gasteiger partial charge >= 0.3 is 0 Å². The van der Waals surface area contributed by atoms with Gasteiger partial charge in [-0.25, -0.2) is 0 Å². The molecule has 2 atom stereocenters. The second-order valence-corrected chi connectivity index (χ2v) is 5.19. The summed E-state index contributed by atoms with van der Waals surface area (Å²) < 4.78 is 0. The SMILES string of the molecule is CC1CCN(C(=O)c2cccc(Cl)c2N)CC1O. The van der Waals surface area contributed by atoms with Gasteiger partial charge in [-0.05, 0) is 24.5 Å². The third kappa shape index (κ3) is 2.44. The number of aliphatic hydroxyl groups excluding tert-OH is 1. The van der Waals surface area contributed by atoms with Gasteiger partial charge in [-0.15, -0.1) is 0 Å². The summed E-state index contributed by atoms with van der Waals surface area (Å²) in [5.41, 5.74) is 6.52. The quantitative estimate of drug-likeness (QED) is 0.763. The molecular weight excluding hydrogens is 252 g/mol. The van der Waals surface area contributed by atoms with Crippen molar-refractivity contribution in [1.29, 1.82) is 0 Å². The summed E-state index contributed by atoms with van der Waals surface area (Å²) in [6, 6.07) is 5.02. The van der Waals surface area contributed by atoms with Crippen LogP contribution in [0, 0.1) is 5.92 Å². The molecule has 1 aromatic rings. The fraction of sp³-hybridized carbons (Fsp3) is 0.462. The van der Waals surface area contributed by atoms with Crippen LogP contribution in [0.3, 0.4) is 0 Å². The van der Waals surface area contributed by atoms with E-state index in [2.05, 4.69) is 0 Å². The summed E-state index contributed by atoms with van der Waals surface area (Å²) in [4.78, 5) is 13.9. The number of likely N-dealkylation sites (tertiary alicyclic amines) is 1. The van der Waals surface area contributed by atoms with E-state index >= 15 is 0 Å². The number of aliphatic hydroxyl groups is 1. The Morgan fingerprint density at radius 2 is 2.28 bits per heavy atom. The van der Waals surface area contributed by atoms with Gasteiger partial charge in [0.15, 0.2) is 0 Å². The Morgan fingerprint density at radius 1 is 1.56 bits per heavy atom. The van der Waals surface area contributed by atoms with Crippen LogP contribution in [0.25, 0.3) is 0 Å². The normalized spacial score (nSPS) is 24.1. The minimum Gasteiger partial charge on any atom is -0.397 e. The van der Waals surface area contributed by atoms with Gasteiger partial charge in [-0.3, -0.25) is 4.79 Å². The van der Waals surface area contributed by atoms with Crippen molar-refractivity contribution in [3.8, 4) is 0 Å². The molecule has 1 amide bonds. The second-order valence-electron chi connectivity index (χ2n) is 4.79. The predicted molar refractivity (Wildman–Crippen MR) is 71.6 cm³/mol. The van der Waals surface area contributed by atoms with Crippen LogP contribution < -0.4 is 5.73 Å². The molecule has 0 aromatic heterocycles. The summed E-state index contributed by atoms with van der Waals surface area (Å²) in [5, 5.41) is 10.2. The molecule has 0 saturated carbocycles. The van der Waals surface area contributed by atoms with Gasteiger partial charge in [0.25, 0.3) is 5.91 Å². The van der Waals surface area contributed by atoms with Crippen LogP contribution in [-0.4, -0.2) is 35.1 Å². The van der Waals surface area contributed by atoms with Gasteiger partial charge in [0, 0.05) is 13.1 Å². The lowest BCUT2D eigenvalue weighted by atomic mass is 9.95. The molecule has 0 bridgehead atoms. The van der Waals surface area contributed by atoms with Crippen LogP contribution in [0.15, 0.2) is 18.2 Å². The zero-order valence-corrected chi connectivity index (χ0v) is 11.0. The van der Waals surface area contributed by atoms with Crippen LogP contribution in [0.5, 0.6) is 0 Å². The number of para-hydroxylation sites is 1. The summed E-state index contributed by atoms with van der Waals surface area (Å²) in [6.45, 7) is 2.98. The molecule has 0 radical (unpaired) electrons. The maximum atomic E-state index is 12.3. The van der Waals surface area contributed by atoms with Crippen molar-refractivity contribution in [3.63, 3.8) is 0 Å². The summed E-state index contributed by atoms with van der Waals surface area (Å²) in [6.07, 6.45) is 0.330. The van der Waals surface area contributed by atoms with E-state index in [1.807, 2.05) is 6.92 Å². The van der Waals surface area contributed by atoms with Crippen molar-refractivity contribution in [2.24, 2.45) is 5.92 Å². The first-order chi connectivity index (χ1) is 8.50. The number of nitrogen functional groups attached to an aromatic ring is 1. The number of piperidine rings is 1. The number of carbonyl (C=O) groups is 1. The van der Waals surface area contributed by atoms with E-state index in [1.54, 1.807) is 23.1 Å². The third-order valence-corrected chi connectivity index (χ3v) is 3.82. The first kappa shape index (κ1) is 13.2. The van der Waals surface area contributed by atoms with Gasteiger partial charge in [-0.1, -0.05) is 24.6 Å². The minimum atomic E-state index is -0.469. The number of rotatable bonds is 1. The standard InChI is InChI=1S/C13H17ClN2O2/c1-8-5-6-16(7-11(8)17)13(18)9-3-2-4-10(14)12(9)15/h2-4,8,11,17H,5-7,15H2,1H3. The molecule has 1 aromatic carbocycles. The van der Waals surface area contributed by atoms with Crippen LogP contribution in [0.4, 0.5) is 5.69 Å². The molecule has 0 aliphatic carbocycles. The van der Waals surface area contributed by atoms with Crippen molar-refractivity contribution in [2.45, 2.75) is 19.4 Å². The lowest BCUT2D eigenvalue weighted by molar-refractivity contribution is 0.0249. The number of amides is 1. The van der Waals surface area contributed by atoms with Gasteiger partial charge in [-0.2, -0.15) is 0 Å². The van der Waals surface area contributed by atoms with Crippen LogP contribution in [-0.2, 0) is 0 Å².